The molecule has 4 heteroatoms. The lowest BCUT2D eigenvalue weighted by Gasteiger charge is -2.23. The predicted octanol–water partition coefficient (Wildman–Crippen LogP) is 1.28. The van der Waals surface area contributed by atoms with Crippen molar-refractivity contribution in [1.82, 2.24) is 10.2 Å². The van der Waals surface area contributed by atoms with Gasteiger partial charge < -0.3 is 4.90 Å². The first-order chi connectivity index (χ1) is 7.24. The predicted molar refractivity (Wildman–Crippen MR) is 54.5 cm³/mol. The van der Waals surface area contributed by atoms with Crippen molar-refractivity contribution in [3.05, 3.63) is 35.6 Å². The van der Waals surface area contributed by atoms with Crippen LogP contribution in [0.5, 0.6) is 0 Å². The summed E-state index contributed by atoms with van der Waals surface area (Å²) in [6.45, 7) is 2.76. The van der Waals surface area contributed by atoms with Crippen molar-refractivity contribution in [3.63, 3.8) is 0 Å². The highest BCUT2D eigenvalue weighted by molar-refractivity contribution is 5.80. The summed E-state index contributed by atoms with van der Waals surface area (Å²) in [4.78, 5) is 13.1. The van der Waals surface area contributed by atoms with E-state index in [4.69, 9.17) is 0 Å². The average Bonchev–Trinajstić information content (AvgIpc) is 2.60. The Hall–Kier alpha value is -1.42. The molecule has 0 radical (unpaired) electrons. The van der Waals surface area contributed by atoms with Gasteiger partial charge in [0.05, 0.1) is 6.54 Å². The third-order valence-corrected chi connectivity index (χ3v) is 2.62. The van der Waals surface area contributed by atoms with Gasteiger partial charge in [-0.2, -0.15) is 0 Å². The highest BCUT2D eigenvalue weighted by Crippen LogP contribution is 2.23. The molecule has 80 valence electrons. The van der Waals surface area contributed by atoms with E-state index in [1.165, 1.54) is 6.07 Å². The van der Waals surface area contributed by atoms with Crippen LogP contribution >= 0.6 is 0 Å². The Bertz CT molecular complexity index is 381. The van der Waals surface area contributed by atoms with E-state index in [-0.39, 0.29) is 24.4 Å². The van der Waals surface area contributed by atoms with Crippen LogP contribution in [0.15, 0.2) is 24.3 Å². The molecule has 2 rings (SSSR count). The van der Waals surface area contributed by atoms with E-state index < -0.39 is 0 Å². The molecule has 1 amide bonds. The van der Waals surface area contributed by atoms with Gasteiger partial charge in [-0.1, -0.05) is 18.2 Å². The largest absolute Gasteiger partial charge is 0.322 e. The van der Waals surface area contributed by atoms with Gasteiger partial charge in [0.25, 0.3) is 0 Å². The molecule has 1 aliphatic rings. The molecule has 1 atom stereocenters. The van der Waals surface area contributed by atoms with Crippen molar-refractivity contribution < 1.29 is 9.18 Å². The van der Waals surface area contributed by atoms with Gasteiger partial charge in [0.2, 0.25) is 5.91 Å². The van der Waals surface area contributed by atoms with Crippen molar-refractivity contribution in [2.75, 3.05) is 13.1 Å². The average molecular weight is 208 g/mol. The first-order valence-corrected chi connectivity index (χ1v) is 5.01. The second-order valence-corrected chi connectivity index (χ2v) is 3.48. The Labute approximate surface area is 87.9 Å². The molecular weight excluding hydrogens is 195 g/mol. The number of carbonyl (C=O) groups is 1. The molecule has 0 aliphatic carbocycles. The first kappa shape index (κ1) is 10.1. The first-order valence-electron chi connectivity index (χ1n) is 5.01. The Balaban J connectivity index is 2.32. The van der Waals surface area contributed by atoms with Crippen LogP contribution in [0.2, 0.25) is 0 Å². The molecule has 1 aromatic carbocycles. The summed E-state index contributed by atoms with van der Waals surface area (Å²) in [7, 11) is 0. The maximum absolute atomic E-state index is 13.5. The zero-order valence-electron chi connectivity index (χ0n) is 8.53. The van der Waals surface area contributed by atoms with Crippen molar-refractivity contribution >= 4 is 5.91 Å². The zero-order chi connectivity index (χ0) is 10.8. The molecule has 1 N–H and O–H groups in total. The quantitative estimate of drug-likeness (QED) is 0.794. The van der Waals surface area contributed by atoms with Crippen molar-refractivity contribution in [2.45, 2.75) is 13.1 Å². The van der Waals surface area contributed by atoms with Crippen LogP contribution < -0.4 is 5.32 Å². The molecule has 1 aromatic rings. The summed E-state index contributed by atoms with van der Waals surface area (Å²) in [5.41, 5.74) is 0.533. The number of nitrogens with one attached hydrogen (secondary N) is 1. The molecule has 15 heavy (non-hydrogen) atoms. The smallest absolute Gasteiger partial charge is 0.238 e. The summed E-state index contributed by atoms with van der Waals surface area (Å²) in [6, 6.07) is 6.53. The minimum absolute atomic E-state index is 0.0192. The molecule has 0 bridgehead atoms. The Morgan fingerprint density at radius 1 is 1.53 bits per heavy atom. The number of hydrogen-bond donors (Lipinski definition) is 1. The lowest BCUT2D eigenvalue weighted by molar-refractivity contribution is -0.127. The van der Waals surface area contributed by atoms with Gasteiger partial charge in [-0.3, -0.25) is 10.1 Å². The van der Waals surface area contributed by atoms with Crippen LogP contribution in [0.1, 0.15) is 18.7 Å². The Morgan fingerprint density at radius 2 is 2.27 bits per heavy atom. The molecular formula is C11H13FN2O. The van der Waals surface area contributed by atoms with Gasteiger partial charge >= 0.3 is 0 Å². The fourth-order valence-corrected chi connectivity index (χ4v) is 1.87. The molecule has 1 aliphatic heterocycles. The van der Waals surface area contributed by atoms with Crippen LogP contribution in [-0.4, -0.2) is 23.9 Å². The number of halogens is 1. The van der Waals surface area contributed by atoms with Crippen LogP contribution in [0.25, 0.3) is 0 Å². The van der Waals surface area contributed by atoms with Gasteiger partial charge in [0.1, 0.15) is 12.0 Å². The number of likely N-dealkylation sites (N-methyl/N-ethyl adjacent to an activating group) is 1. The fourth-order valence-electron chi connectivity index (χ4n) is 1.87. The van der Waals surface area contributed by atoms with E-state index in [0.717, 1.165) is 0 Å². The van der Waals surface area contributed by atoms with Crippen LogP contribution in [0.3, 0.4) is 0 Å². The number of rotatable bonds is 2. The number of nitrogens with zero attached hydrogens (tertiary/aromatic N) is 1. The molecule has 0 saturated carbocycles. The van der Waals surface area contributed by atoms with Gasteiger partial charge in [-0.05, 0) is 13.0 Å². The summed E-state index contributed by atoms with van der Waals surface area (Å²) in [5.74, 6) is -0.256. The zero-order valence-corrected chi connectivity index (χ0v) is 8.53. The second kappa shape index (κ2) is 3.98. The maximum Gasteiger partial charge on any atom is 0.238 e. The standard InChI is InChI=1S/C11H13FN2O/c1-2-14-10(15)7-13-11(14)8-5-3-4-6-9(8)12/h3-6,11,13H,2,7H2,1H3. The lowest BCUT2D eigenvalue weighted by atomic mass is 10.1. The molecule has 3 nitrogen and oxygen atoms in total. The third kappa shape index (κ3) is 1.72. The lowest BCUT2D eigenvalue weighted by Crippen LogP contribution is -2.30. The molecule has 0 spiro atoms. The summed E-state index contributed by atoms with van der Waals surface area (Å²) < 4.78 is 13.5. The highest BCUT2D eigenvalue weighted by atomic mass is 19.1. The molecule has 1 saturated heterocycles. The summed E-state index contributed by atoms with van der Waals surface area (Å²) >= 11 is 0. The van der Waals surface area contributed by atoms with Gasteiger partial charge in [0.15, 0.2) is 0 Å². The number of hydrogen-bond acceptors (Lipinski definition) is 2. The summed E-state index contributed by atoms with van der Waals surface area (Å²) in [5, 5.41) is 3.00. The monoisotopic (exact) mass is 208 g/mol. The van der Waals surface area contributed by atoms with Gasteiger partial charge in [0, 0.05) is 12.1 Å². The molecule has 1 unspecified atom stereocenters. The van der Waals surface area contributed by atoms with E-state index in [1.54, 1.807) is 23.1 Å². The highest BCUT2D eigenvalue weighted by Gasteiger charge is 2.31. The van der Waals surface area contributed by atoms with Crippen molar-refractivity contribution in [2.24, 2.45) is 0 Å². The van der Waals surface area contributed by atoms with E-state index in [0.29, 0.717) is 12.1 Å². The Morgan fingerprint density at radius 3 is 2.93 bits per heavy atom. The number of carbonyl (C=O) groups excluding carboxylic acids is 1. The second-order valence-electron chi connectivity index (χ2n) is 3.48. The van der Waals surface area contributed by atoms with Crippen molar-refractivity contribution in [3.8, 4) is 0 Å². The third-order valence-electron chi connectivity index (χ3n) is 2.62. The van der Waals surface area contributed by atoms with Gasteiger partial charge in [-0.25, -0.2) is 4.39 Å². The van der Waals surface area contributed by atoms with Crippen LogP contribution in [-0.2, 0) is 4.79 Å². The van der Waals surface area contributed by atoms with E-state index in [1.807, 2.05) is 6.92 Å². The fraction of sp³-hybridized carbons (Fsp3) is 0.364. The number of amides is 1. The van der Waals surface area contributed by atoms with Crippen molar-refractivity contribution in [1.29, 1.82) is 0 Å². The van der Waals surface area contributed by atoms with Crippen LogP contribution in [0, 0.1) is 5.82 Å². The Kier molecular flexibility index (Phi) is 2.68. The SMILES string of the molecule is CCN1C(=O)CNC1c1ccccc1F. The van der Waals surface area contributed by atoms with Crippen LogP contribution in [0.4, 0.5) is 4.39 Å². The number of benzene rings is 1. The van der Waals surface area contributed by atoms with E-state index >= 15 is 0 Å². The summed E-state index contributed by atoms with van der Waals surface area (Å²) in [6.07, 6.45) is -0.316. The topological polar surface area (TPSA) is 32.3 Å². The molecule has 1 heterocycles. The van der Waals surface area contributed by atoms with Gasteiger partial charge in [-0.15, -0.1) is 0 Å². The minimum Gasteiger partial charge on any atom is -0.322 e. The normalized spacial score (nSPS) is 21.1. The van der Waals surface area contributed by atoms with E-state index in [9.17, 15) is 9.18 Å². The molecule has 0 aromatic heterocycles. The maximum atomic E-state index is 13.5. The minimum atomic E-state index is -0.316. The molecule has 1 fully saturated rings. The van der Waals surface area contributed by atoms with E-state index in [2.05, 4.69) is 5.32 Å².